The van der Waals surface area contributed by atoms with E-state index in [9.17, 15) is 14.7 Å². The fourth-order valence-corrected chi connectivity index (χ4v) is 4.90. The lowest BCUT2D eigenvalue weighted by molar-refractivity contribution is -0.123. The van der Waals surface area contributed by atoms with Crippen molar-refractivity contribution in [1.82, 2.24) is 5.32 Å². The molecule has 1 aromatic rings. The molecule has 2 N–H and O–H groups in total. The van der Waals surface area contributed by atoms with Crippen molar-refractivity contribution in [3.63, 3.8) is 0 Å². The number of amides is 1. The summed E-state index contributed by atoms with van der Waals surface area (Å²) >= 11 is 1.33. The second kappa shape index (κ2) is 20.2. The summed E-state index contributed by atoms with van der Waals surface area (Å²) in [5.41, 5.74) is 0. The van der Waals surface area contributed by atoms with E-state index < -0.39 is 12.1 Å². The van der Waals surface area contributed by atoms with Gasteiger partial charge in [0.25, 0.3) is 5.91 Å². The Labute approximate surface area is 206 Å². The van der Waals surface area contributed by atoms with Gasteiger partial charge in [-0.15, -0.1) is 11.3 Å². The smallest absolute Gasteiger partial charge is 0.262 e. The molecule has 5 heteroatoms. The Kier molecular flexibility index (Phi) is 18.3. The lowest BCUT2D eigenvalue weighted by atomic mass is 10.00. The Hall–Kier alpha value is -1.20. The van der Waals surface area contributed by atoms with Crippen LogP contribution in [0.4, 0.5) is 0 Å². The molecule has 2 atom stereocenters. The largest absolute Gasteiger partial charge is 0.391 e. The van der Waals surface area contributed by atoms with E-state index in [1.807, 2.05) is 5.38 Å². The Morgan fingerprint density at radius 2 is 1.27 bits per heavy atom. The molecule has 33 heavy (non-hydrogen) atoms. The molecule has 0 aromatic carbocycles. The minimum absolute atomic E-state index is 0.0733. The summed E-state index contributed by atoms with van der Waals surface area (Å²) in [5.74, 6) is -0.359. The number of hydrogen-bond donors (Lipinski definition) is 2. The monoisotopic (exact) mass is 479 g/mol. The van der Waals surface area contributed by atoms with Crippen LogP contribution in [-0.2, 0) is 4.79 Å². The zero-order chi connectivity index (χ0) is 24.2. The molecule has 1 aromatic heterocycles. The van der Waals surface area contributed by atoms with E-state index in [4.69, 9.17) is 0 Å². The predicted octanol–water partition coefficient (Wildman–Crippen LogP) is 7.84. The maximum absolute atomic E-state index is 12.5. The second-order valence-corrected chi connectivity index (χ2v) is 10.5. The molecule has 0 bridgehead atoms. The van der Waals surface area contributed by atoms with Crippen molar-refractivity contribution in [2.45, 2.75) is 142 Å². The lowest BCUT2D eigenvalue weighted by Gasteiger charge is -2.20. The number of rotatable bonds is 22. The summed E-state index contributed by atoms with van der Waals surface area (Å²) in [6.45, 7) is 3.83. The Morgan fingerprint density at radius 1 is 0.818 bits per heavy atom. The van der Waals surface area contributed by atoms with Crippen molar-refractivity contribution < 1.29 is 14.7 Å². The molecule has 1 rings (SSSR count). The fourth-order valence-electron chi connectivity index (χ4n) is 4.27. The predicted molar refractivity (Wildman–Crippen MR) is 141 cm³/mol. The van der Waals surface area contributed by atoms with Crippen LogP contribution in [0.1, 0.15) is 139 Å². The number of hydrogen-bond acceptors (Lipinski definition) is 4. The van der Waals surface area contributed by atoms with Gasteiger partial charge in [0.15, 0.2) is 5.78 Å². The lowest BCUT2D eigenvalue weighted by Crippen LogP contribution is -2.47. The Morgan fingerprint density at radius 3 is 1.67 bits per heavy atom. The van der Waals surface area contributed by atoms with E-state index >= 15 is 0 Å². The fraction of sp³-hybridized carbons (Fsp3) is 0.786. The van der Waals surface area contributed by atoms with Gasteiger partial charge in [-0.3, -0.25) is 9.59 Å². The third-order valence-electron chi connectivity index (χ3n) is 6.39. The first-order chi connectivity index (χ1) is 16.1. The maximum atomic E-state index is 12.5. The maximum Gasteiger partial charge on any atom is 0.262 e. The normalized spacial score (nSPS) is 13.1. The first-order valence-electron chi connectivity index (χ1n) is 13.6. The number of aliphatic hydroxyl groups excluding tert-OH is 1. The zero-order valence-corrected chi connectivity index (χ0v) is 22.1. The van der Waals surface area contributed by atoms with Crippen LogP contribution in [0.2, 0.25) is 0 Å². The van der Waals surface area contributed by atoms with Gasteiger partial charge in [-0.1, -0.05) is 116 Å². The summed E-state index contributed by atoms with van der Waals surface area (Å²) in [6, 6.07) is 2.71. The first kappa shape index (κ1) is 29.8. The van der Waals surface area contributed by atoms with Gasteiger partial charge >= 0.3 is 0 Å². The van der Waals surface area contributed by atoms with E-state index in [-0.39, 0.29) is 11.7 Å². The number of unbranched alkanes of at least 4 members (excludes halogenated alkanes) is 16. The number of carbonyl (C=O) groups is 2. The molecule has 0 aliphatic heterocycles. The Bertz CT molecular complexity index is 600. The minimum Gasteiger partial charge on any atom is -0.391 e. The molecule has 190 valence electrons. The highest BCUT2D eigenvalue weighted by atomic mass is 32.1. The van der Waals surface area contributed by atoms with Gasteiger partial charge in [-0.05, 0) is 24.8 Å². The quantitative estimate of drug-likeness (QED) is 0.166. The molecule has 1 heterocycles. The Balaban J connectivity index is 1.94. The number of nitrogens with one attached hydrogen (secondary N) is 1. The molecule has 0 aliphatic rings. The molecule has 0 aliphatic carbocycles. The van der Waals surface area contributed by atoms with Crippen LogP contribution in [0.25, 0.3) is 0 Å². The van der Waals surface area contributed by atoms with Gasteiger partial charge in [0.2, 0.25) is 0 Å². The molecule has 4 nitrogen and oxygen atoms in total. The zero-order valence-electron chi connectivity index (χ0n) is 21.3. The van der Waals surface area contributed by atoms with Crippen molar-refractivity contribution >= 4 is 23.0 Å². The third-order valence-corrected chi connectivity index (χ3v) is 7.26. The molecule has 0 spiro atoms. The number of ketones is 1. The van der Waals surface area contributed by atoms with Gasteiger partial charge in [0, 0.05) is 6.42 Å². The van der Waals surface area contributed by atoms with Crippen molar-refractivity contribution in [1.29, 1.82) is 0 Å². The molecule has 0 fully saturated rings. The first-order valence-corrected chi connectivity index (χ1v) is 14.5. The van der Waals surface area contributed by atoms with E-state index in [2.05, 4.69) is 12.2 Å². The van der Waals surface area contributed by atoms with Gasteiger partial charge in [-0.25, -0.2) is 0 Å². The van der Waals surface area contributed by atoms with Crippen molar-refractivity contribution in [2.24, 2.45) is 0 Å². The summed E-state index contributed by atoms with van der Waals surface area (Å²) in [7, 11) is 0. The number of carbonyl (C=O) groups excluding carboxylic acids is 2. The van der Waals surface area contributed by atoms with Gasteiger partial charge < -0.3 is 10.4 Å². The molecule has 1 amide bonds. The van der Waals surface area contributed by atoms with Crippen molar-refractivity contribution in [3.05, 3.63) is 22.4 Å². The summed E-state index contributed by atoms with van der Waals surface area (Å²) in [6.07, 6.45) is 21.8. The summed E-state index contributed by atoms with van der Waals surface area (Å²) in [4.78, 5) is 25.2. The average Bonchev–Trinajstić information content (AvgIpc) is 3.34. The highest BCUT2D eigenvalue weighted by molar-refractivity contribution is 7.12. The average molecular weight is 480 g/mol. The topological polar surface area (TPSA) is 66.4 Å². The van der Waals surface area contributed by atoms with Gasteiger partial charge in [-0.2, -0.15) is 0 Å². The van der Waals surface area contributed by atoms with E-state index in [0.29, 0.717) is 11.3 Å². The molecule has 0 saturated heterocycles. The van der Waals surface area contributed by atoms with E-state index in [0.717, 1.165) is 19.3 Å². The molecule has 0 saturated carbocycles. The van der Waals surface area contributed by atoms with Gasteiger partial charge in [0.05, 0.1) is 11.0 Å². The van der Waals surface area contributed by atoms with Crippen molar-refractivity contribution in [2.75, 3.05) is 0 Å². The summed E-state index contributed by atoms with van der Waals surface area (Å²) in [5, 5.41) is 14.5. The minimum atomic E-state index is -0.882. The highest BCUT2D eigenvalue weighted by Crippen LogP contribution is 2.15. The van der Waals surface area contributed by atoms with Crippen LogP contribution < -0.4 is 5.32 Å². The van der Waals surface area contributed by atoms with Crippen LogP contribution in [0.15, 0.2) is 17.5 Å². The second-order valence-electron chi connectivity index (χ2n) is 9.54. The molecule has 0 radical (unpaired) electrons. The highest BCUT2D eigenvalue weighted by Gasteiger charge is 2.25. The summed E-state index contributed by atoms with van der Waals surface area (Å²) < 4.78 is 0. The molecular weight excluding hydrogens is 430 g/mol. The van der Waals surface area contributed by atoms with Crippen LogP contribution in [0, 0.1) is 0 Å². The molecule has 0 unspecified atom stereocenters. The van der Waals surface area contributed by atoms with Crippen LogP contribution >= 0.6 is 11.3 Å². The van der Waals surface area contributed by atoms with Crippen LogP contribution in [0.5, 0.6) is 0 Å². The number of Topliss-reactive ketones (excluding diaryl/α,β-unsaturated/α-hetero) is 1. The van der Waals surface area contributed by atoms with Crippen molar-refractivity contribution in [3.8, 4) is 0 Å². The van der Waals surface area contributed by atoms with Gasteiger partial charge in [0.1, 0.15) is 6.04 Å². The third kappa shape index (κ3) is 15.3. The van der Waals surface area contributed by atoms with E-state index in [1.165, 1.54) is 101 Å². The number of aliphatic hydroxyl groups is 1. The standard InChI is InChI=1S/C28H49NO3S/c1-3-4-5-6-7-8-9-10-11-12-13-14-15-16-17-18-19-21-25(31)27(24(2)30)29-28(32)26-22-20-23-33-26/h20,22-24,27,30H,3-19,21H2,1-2H3,(H,29,32)/t24-,27+/m1/s1. The van der Waals surface area contributed by atoms with Crippen LogP contribution in [0.3, 0.4) is 0 Å². The van der Waals surface area contributed by atoms with E-state index in [1.54, 1.807) is 19.1 Å². The van der Waals surface area contributed by atoms with Crippen LogP contribution in [-0.4, -0.2) is 28.9 Å². The SMILES string of the molecule is CCCCCCCCCCCCCCCCCCCC(=O)[C@@H](NC(=O)c1cccs1)[C@@H](C)O. The molecular formula is C28H49NO3S. The number of thiophene rings is 1.